The van der Waals surface area contributed by atoms with Crippen molar-refractivity contribution >= 4 is 11.6 Å². The Morgan fingerprint density at radius 1 is 0.952 bits per heavy atom. The van der Waals surface area contributed by atoms with Gasteiger partial charge in [0.25, 0.3) is 0 Å². The van der Waals surface area contributed by atoms with E-state index in [1.165, 1.54) is 0 Å². The van der Waals surface area contributed by atoms with Crippen molar-refractivity contribution < 1.29 is 4.74 Å². The Morgan fingerprint density at radius 2 is 1.76 bits per heavy atom. The van der Waals surface area contributed by atoms with Crippen LogP contribution in [0.5, 0.6) is 5.75 Å². The van der Waals surface area contributed by atoms with E-state index < -0.39 is 0 Å². The van der Waals surface area contributed by atoms with E-state index in [1.807, 2.05) is 42.5 Å². The number of benzene rings is 2. The van der Waals surface area contributed by atoms with Crippen molar-refractivity contribution in [3.8, 4) is 22.7 Å². The quantitative estimate of drug-likeness (QED) is 0.655. The van der Waals surface area contributed by atoms with Gasteiger partial charge in [0.15, 0.2) is 0 Å². The van der Waals surface area contributed by atoms with E-state index >= 15 is 0 Å². The maximum absolute atomic E-state index is 6.35. The summed E-state index contributed by atoms with van der Waals surface area (Å²) in [5.74, 6) is 0.839. The third-order valence-electron chi connectivity index (χ3n) is 3.54. The predicted molar refractivity (Wildman–Crippen MR) is 87.5 cm³/mol. The summed E-state index contributed by atoms with van der Waals surface area (Å²) in [4.78, 5) is 0. The fourth-order valence-electron chi connectivity index (χ4n) is 2.51. The van der Waals surface area contributed by atoms with Gasteiger partial charge in [0.2, 0.25) is 0 Å². The first-order valence-corrected chi connectivity index (χ1v) is 7.16. The average Bonchev–Trinajstić information content (AvgIpc) is 2.89. The first-order chi connectivity index (χ1) is 10.2. The smallest absolute Gasteiger partial charge is 0.120 e. The van der Waals surface area contributed by atoms with Crippen molar-refractivity contribution in [1.82, 2.24) is 4.57 Å². The zero-order chi connectivity index (χ0) is 14.8. The fourth-order valence-corrected chi connectivity index (χ4v) is 2.74. The maximum atomic E-state index is 6.35. The molecule has 2 nitrogen and oxygen atoms in total. The molecule has 0 saturated heterocycles. The van der Waals surface area contributed by atoms with Gasteiger partial charge in [0.05, 0.1) is 12.8 Å². The molecule has 0 spiro atoms. The van der Waals surface area contributed by atoms with Crippen LogP contribution < -0.4 is 4.74 Å². The molecule has 0 fully saturated rings. The van der Waals surface area contributed by atoms with Crippen molar-refractivity contribution in [2.45, 2.75) is 6.92 Å². The molecule has 0 aliphatic rings. The molecule has 2 aromatic carbocycles. The minimum atomic E-state index is 0.750. The van der Waals surface area contributed by atoms with Crippen LogP contribution in [0, 0.1) is 6.92 Å². The largest absolute Gasteiger partial charge is 0.497 e. The Kier molecular flexibility index (Phi) is 3.72. The molecule has 3 heteroatoms. The van der Waals surface area contributed by atoms with Crippen LogP contribution in [0.3, 0.4) is 0 Å². The average molecular weight is 298 g/mol. The summed E-state index contributed by atoms with van der Waals surface area (Å²) in [7, 11) is 1.68. The van der Waals surface area contributed by atoms with Crippen LogP contribution in [0.15, 0.2) is 60.7 Å². The van der Waals surface area contributed by atoms with Crippen LogP contribution in [0.1, 0.15) is 5.69 Å². The van der Waals surface area contributed by atoms with Crippen LogP contribution in [-0.2, 0) is 0 Å². The van der Waals surface area contributed by atoms with E-state index in [0.717, 1.165) is 33.4 Å². The molecular formula is C18H16ClNO. The SMILES string of the molecule is COc1cccc(-n2c(C)ccc2-c2ccccc2Cl)c1. The highest BCUT2D eigenvalue weighted by Crippen LogP contribution is 2.32. The number of ether oxygens (including phenoxy) is 1. The molecule has 0 aliphatic heterocycles. The Morgan fingerprint density at radius 3 is 2.52 bits per heavy atom. The monoisotopic (exact) mass is 297 g/mol. The van der Waals surface area contributed by atoms with E-state index in [-0.39, 0.29) is 0 Å². The van der Waals surface area contributed by atoms with Gasteiger partial charge >= 0.3 is 0 Å². The molecule has 0 atom stereocenters. The summed E-state index contributed by atoms with van der Waals surface area (Å²) in [6.07, 6.45) is 0. The van der Waals surface area contributed by atoms with Gasteiger partial charge in [-0.3, -0.25) is 0 Å². The first-order valence-electron chi connectivity index (χ1n) is 6.78. The molecule has 0 unspecified atom stereocenters. The van der Waals surface area contributed by atoms with E-state index in [0.29, 0.717) is 0 Å². The molecule has 1 aromatic heterocycles. The second kappa shape index (κ2) is 5.66. The van der Waals surface area contributed by atoms with Crippen molar-refractivity contribution in [3.05, 3.63) is 71.4 Å². The molecule has 21 heavy (non-hydrogen) atoms. The topological polar surface area (TPSA) is 14.2 Å². The van der Waals surface area contributed by atoms with E-state index in [2.05, 4.69) is 29.7 Å². The number of rotatable bonds is 3. The lowest BCUT2D eigenvalue weighted by molar-refractivity contribution is 0.414. The Bertz CT molecular complexity index is 776. The molecule has 106 valence electrons. The molecule has 0 N–H and O–H groups in total. The third kappa shape index (κ3) is 2.55. The van der Waals surface area contributed by atoms with Gasteiger partial charge < -0.3 is 9.30 Å². The second-order valence-electron chi connectivity index (χ2n) is 4.88. The molecule has 3 rings (SSSR count). The lowest BCUT2D eigenvalue weighted by Crippen LogP contribution is -1.99. The molecular weight excluding hydrogens is 282 g/mol. The lowest BCUT2D eigenvalue weighted by atomic mass is 10.1. The predicted octanol–water partition coefficient (Wildman–Crippen LogP) is 5.11. The summed E-state index contributed by atoms with van der Waals surface area (Å²) in [5, 5.41) is 0.750. The third-order valence-corrected chi connectivity index (χ3v) is 3.87. The number of hydrogen-bond donors (Lipinski definition) is 0. The Balaban J connectivity index is 2.20. The van der Waals surface area contributed by atoms with E-state index in [4.69, 9.17) is 16.3 Å². The number of aryl methyl sites for hydroxylation is 1. The molecule has 0 saturated carbocycles. The normalized spacial score (nSPS) is 10.6. The van der Waals surface area contributed by atoms with Gasteiger partial charge in [0, 0.05) is 28.0 Å². The summed E-state index contributed by atoms with van der Waals surface area (Å²) in [6.45, 7) is 2.08. The van der Waals surface area contributed by atoms with Crippen LogP contribution in [0.2, 0.25) is 5.02 Å². The van der Waals surface area contributed by atoms with Gasteiger partial charge in [-0.05, 0) is 37.3 Å². The van der Waals surface area contributed by atoms with Gasteiger partial charge in [0.1, 0.15) is 5.75 Å². The summed E-state index contributed by atoms with van der Waals surface area (Å²) >= 11 is 6.35. The lowest BCUT2D eigenvalue weighted by Gasteiger charge is -2.14. The van der Waals surface area contributed by atoms with Crippen molar-refractivity contribution in [2.75, 3.05) is 7.11 Å². The second-order valence-corrected chi connectivity index (χ2v) is 5.28. The van der Waals surface area contributed by atoms with E-state index in [9.17, 15) is 0 Å². The van der Waals surface area contributed by atoms with Gasteiger partial charge in [-0.2, -0.15) is 0 Å². The zero-order valence-electron chi connectivity index (χ0n) is 12.0. The maximum Gasteiger partial charge on any atom is 0.120 e. The number of hydrogen-bond acceptors (Lipinski definition) is 1. The number of aromatic nitrogens is 1. The molecule has 0 bridgehead atoms. The van der Waals surface area contributed by atoms with Crippen LogP contribution in [0.4, 0.5) is 0 Å². The summed E-state index contributed by atoms with van der Waals surface area (Å²) in [5.41, 5.74) is 4.31. The van der Waals surface area contributed by atoms with Crippen LogP contribution in [0.25, 0.3) is 16.9 Å². The Labute approximate surface area is 129 Å². The molecule has 1 heterocycles. The fraction of sp³-hybridized carbons (Fsp3) is 0.111. The minimum absolute atomic E-state index is 0.750. The molecule has 0 amide bonds. The van der Waals surface area contributed by atoms with Crippen LogP contribution >= 0.6 is 11.6 Å². The Hall–Kier alpha value is -2.19. The van der Waals surface area contributed by atoms with Gasteiger partial charge in [-0.1, -0.05) is 35.9 Å². The summed E-state index contributed by atoms with van der Waals surface area (Å²) < 4.78 is 7.51. The first kappa shape index (κ1) is 13.8. The number of halogens is 1. The summed E-state index contributed by atoms with van der Waals surface area (Å²) in [6, 6.07) is 20.1. The van der Waals surface area contributed by atoms with Gasteiger partial charge in [-0.25, -0.2) is 0 Å². The minimum Gasteiger partial charge on any atom is -0.497 e. The molecule has 3 aromatic rings. The number of methoxy groups -OCH3 is 1. The van der Waals surface area contributed by atoms with E-state index in [1.54, 1.807) is 7.11 Å². The highest BCUT2D eigenvalue weighted by Gasteiger charge is 2.12. The van der Waals surface area contributed by atoms with Crippen LogP contribution in [-0.4, -0.2) is 11.7 Å². The van der Waals surface area contributed by atoms with Gasteiger partial charge in [-0.15, -0.1) is 0 Å². The number of nitrogens with zero attached hydrogens (tertiary/aromatic N) is 1. The van der Waals surface area contributed by atoms with Crippen molar-refractivity contribution in [2.24, 2.45) is 0 Å². The van der Waals surface area contributed by atoms with Crippen molar-refractivity contribution in [1.29, 1.82) is 0 Å². The molecule has 0 radical (unpaired) electrons. The standard InChI is InChI=1S/C18H16ClNO/c1-13-10-11-18(16-8-3-4-9-17(16)19)20(13)14-6-5-7-15(12-14)21-2/h3-12H,1-2H3. The van der Waals surface area contributed by atoms with Crippen molar-refractivity contribution in [3.63, 3.8) is 0 Å². The molecule has 0 aliphatic carbocycles. The zero-order valence-corrected chi connectivity index (χ0v) is 12.8. The highest BCUT2D eigenvalue weighted by atomic mass is 35.5. The highest BCUT2D eigenvalue weighted by molar-refractivity contribution is 6.33.